The van der Waals surface area contributed by atoms with E-state index in [0.29, 0.717) is 12.1 Å². The van der Waals surface area contributed by atoms with Gasteiger partial charge in [-0.05, 0) is 42.2 Å². The number of carboxylic acid groups (broad SMARTS) is 1. The molecule has 1 unspecified atom stereocenters. The highest BCUT2D eigenvalue weighted by Crippen LogP contribution is 2.26. The zero-order chi connectivity index (χ0) is 11.0. The van der Waals surface area contributed by atoms with Crippen LogP contribution < -0.4 is 5.32 Å². The van der Waals surface area contributed by atoms with E-state index in [1.807, 2.05) is 6.92 Å². The molecule has 0 spiro atoms. The number of aliphatic carboxylic acids is 1. The Balaban J connectivity index is 2.55. The van der Waals surface area contributed by atoms with E-state index < -0.39 is 12.0 Å². The maximum absolute atomic E-state index is 13.2. The number of rotatable bonds is 1. The van der Waals surface area contributed by atoms with Gasteiger partial charge < -0.3 is 10.4 Å². The van der Waals surface area contributed by atoms with Crippen molar-refractivity contribution in [3.8, 4) is 0 Å². The minimum atomic E-state index is -0.957. The normalized spacial score (nSPS) is 19.7. The minimum Gasteiger partial charge on any atom is -0.480 e. The lowest BCUT2D eigenvalue weighted by Crippen LogP contribution is -2.35. The van der Waals surface area contributed by atoms with Gasteiger partial charge >= 0.3 is 5.97 Å². The number of aryl methyl sites for hydroxylation is 1. The fraction of sp³-hybridized carbons (Fsp3) is 0.364. The van der Waals surface area contributed by atoms with Gasteiger partial charge in [0.25, 0.3) is 0 Å². The lowest BCUT2D eigenvalue weighted by molar-refractivity contribution is -0.139. The summed E-state index contributed by atoms with van der Waals surface area (Å²) in [5.41, 5.74) is 2.35. The minimum absolute atomic E-state index is 0.374. The van der Waals surface area contributed by atoms with Crippen LogP contribution in [-0.2, 0) is 11.2 Å². The van der Waals surface area contributed by atoms with Crippen LogP contribution in [0.25, 0.3) is 0 Å². The average molecular weight is 209 g/mol. The molecule has 0 amide bonds. The second kappa shape index (κ2) is 3.62. The van der Waals surface area contributed by atoms with Crippen LogP contribution in [0.4, 0.5) is 4.39 Å². The van der Waals surface area contributed by atoms with Crippen LogP contribution in [0.15, 0.2) is 12.1 Å². The van der Waals surface area contributed by atoms with E-state index in [4.69, 9.17) is 5.11 Å². The SMILES string of the molecule is Cc1cc(F)cc2c1CCNC2C(=O)O. The third kappa shape index (κ3) is 1.72. The highest BCUT2D eigenvalue weighted by Gasteiger charge is 2.27. The molecule has 1 aromatic rings. The van der Waals surface area contributed by atoms with Gasteiger partial charge in [0.2, 0.25) is 0 Å². The van der Waals surface area contributed by atoms with Crippen LogP contribution in [0.1, 0.15) is 22.7 Å². The lowest BCUT2D eigenvalue weighted by Gasteiger charge is -2.25. The van der Waals surface area contributed by atoms with E-state index in [2.05, 4.69) is 5.32 Å². The Bertz CT molecular complexity index is 417. The second-order valence-electron chi connectivity index (χ2n) is 3.77. The van der Waals surface area contributed by atoms with Gasteiger partial charge in [-0.25, -0.2) is 4.39 Å². The standard InChI is InChI=1S/C11H12FNO2/c1-6-4-7(12)5-9-8(6)2-3-13-10(9)11(14)15/h4-5,10,13H,2-3H2,1H3,(H,14,15). The summed E-state index contributed by atoms with van der Waals surface area (Å²) in [4.78, 5) is 11.0. The van der Waals surface area contributed by atoms with Crippen molar-refractivity contribution in [3.63, 3.8) is 0 Å². The molecule has 1 aliphatic rings. The van der Waals surface area contributed by atoms with E-state index in [0.717, 1.165) is 17.5 Å². The molecule has 0 aromatic heterocycles. The van der Waals surface area contributed by atoms with E-state index >= 15 is 0 Å². The van der Waals surface area contributed by atoms with E-state index in [1.165, 1.54) is 12.1 Å². The third-order valence-corrected chi connectivity index (χ3v) is 2.75. The Morgan fingerprint density at radius 2 is 2.33 bits per heavy atom. The summed E-state index contributed by atoms with van der Waals surface area (Å²) >= 11 is 0. The van der Waals surface area contributed by atoms with E-state index in [1.54, 1.807) is 0 Å². The largest absolute Gasteiger partial charge is 0.480 e. The molecular weight excluding hydrogens is 197 g/mol. The predicted octanol–water partition coefficient (Wildman–Crippen LogP) is 1.41. The van der Waals surface area contributed by atoms with Crippen LogP contribution in [0.2, 0.25) is 0 Å². The molecule has 3 nitrogen and oxygen atoms in total. The lowest BCUT2D eigenvalue weighted by atomic mass is 9.91. The number of halogens is 1. The van der Waals surface area contributed by atoms with Crippen molar-refractivity contribution in [3.05, 3.63) is 34.6 Å². The smallest absolute Gasteiger partial charge is 0.325 e. The average Bonchev–Trinajstić information content (AvgIpc) is 2.16. The molecule has 1 aromatic carbocycles. The zero-order valence-corrected chi connectivity index (χ0v) is 8.38. The number of carboxylic acids is 1. The molecule has 0 aliphatic carbocycles. The second-order valence-corrected chi connectivity index (χ2v) is 3.77. The zero-order valence-electron chi connectivity index (χ0n) is 8.38. The van der Waals surface area contributed by atoms with Crippen LogP contribution in [-0.4, -0.2) is 17.6 Å². The maximum Gasteiger partial charge on any atom is 0.325 e. The van der Waals surface area contributed by atoms with Gasteiger partial charge in [-0.1, -0.05) is 0 Å². The quantitative estimate of drug-likeness (QED) is 0.735. The van der Waals surface area contributed by atoms with Crippen LogP contribution in [0, 0.1) is 12.7 Å². The summed E-state index contributed by atoms with van der Waals surface area (Å²) in [5, 5.41) is 11.8. The molecule has 0 bridgehead atoms. The summed E-state index contributed by atoms with van der Waals surface area (Å²) in [6.07, 6.45) is 0.755. The fourth-order valence-electron chi connectivity index (χ4n) is 2.07. The fourth-order valence-corrected chi connectivity index (χ4v) is 2.07. The first kappa shape index (κ1) is 10.1. The first-order chi connectivity index (χ1) is 7.09. The van der Waals surface area contributed by atoms with Gasteiger partial charge in [0, 0.05) is 6.54 Å². The Kier molecular flexibility index (Phi) is 2.44. The molecule has 4 heteroatoms. The summed E-state index contributed by atoms with van der Waals surface area (Å²) in [5.74, 6) is -1.33. The third-order valence-electron chi connectivity index (χ3n) is 2.75. The van der Waals surface area contributed by atoms with E-state index in [9.17, 15) is 9.18 Å². The molecule has 1 aliphatic heterocycles. The van der Waals surface area contributed by atoms with Gasteiger partial charge in [0.1, 0.15) is 11.9 Å². The van der Waals surface area contributed by atoms with E-state index in [-0.39, 0.29) is 5.82 Å². The number of benzene rings is 1. The maximum atomic E-state index is 13.2. The molecule has 80 valence electrons. The Morgan fingerprint density at radius 3 is 3.00 bits per heavy atom. The Hall–Kier alpha value is -1.42. The molecule has 15 heavy (non-hydrogen) atoms. The summed E-state index contributed by atoms with van der Waals surface area (Å²) in [6, 6.07) is 1.99. The number of hydrogen-bond acceptors (Lipinski definition) is 2. The molecule has 1 atom stereocenters. The van der Waals surface area contributed by atoms with Crippen molar-refractivity contribution in [2.75, 3.05) is 6.54 Å². The van der Waals surface area contributed by atoms with Crippen molar-refractivity contribution in [1.29, 1.82) is 0 Å². The molecule has 2 N–H and O–H groups in total. The number of nitrogens with one attached hydrogen (secondary N) is 1. The van der Waals surface area contributed by atoms with Crippen molar-refractivity contribution in [1.82, 2.24) is 5.32 Å². The molecule has 0 fully saturated rings. The van der Waals surface area contributed by atoms with Gasteiger partial charge in [-0.15, -0.1) is 0 Å². The van der Waals surface area contributed by atoms with Crippen LogP contribution in [0.3, 0.4) is 0 Å². The van der Waals surface area contributed by atoms with Crippen LogP contribution >= 0.6 is 0 Å². The van der Waals surface area contributed by atoms with Crippen molar-refractivity contribution < 1.29 is 14.3 Å². The van der Waals surface area contributed by atoms with Crippen molar-refractivity contribution in [2.45, 2.75) is 19.4 Å². The Labute approximate surface area is 86.9 Å². The summed E-state index contributed by atoms with van der Waals surface area (Å²) in [6.45, 7) is 2.43. The topological polar surface area (TPSA) is 49.3 Å². The summed E-state index contributed by atoms with van der Waals surface area (Å²) < 4.78 is 13.2. The molecule has 0 saturated carbocycles. The number of fused-ring (bicyclic) bond motifs is 1. The first-order valence-corrected chi connectivity index (χ1v) is 4.84. The Morgan fingerprint density at radius 1 is 1.60 bits per heavy atom. The van der Waals surface area contributed by atoms with Gasteiger partial charge in [0.05, 0.1) is 0 Å². The van der Waals surface area contributed by atoms with Crippen LogP contribution in [0.5, 0.6) is 0 Å². The van der Waals surface area contributed by atoms with Gasteiger partial charge in [-0.3, -0.25) is 4.79 Å². The molecule has 2 rings (SSSR count). The molecule has 0 radical (unpaired) electrons. The van der Waals surface area contributed by atoms with Gasteiger partial charge in [-0.2, -0.15) is 0 Å². The number of hydrogen-bond donors (Lipinski definition) is 2. The first-order valence-electron chi connectivity index (χ1n) is 4.84. The van der Waals surface area contributed by atoms with Crippen molar-refractivity contribution >= 4 is 5.97 Å². The summed E-state index contributed by atoms with van der Waals surface area (Å²) in [7, 11) is 0. The number of carbonyl (C=O) groups is 1. The molecule has 1 heterocycles. The highest BCUT2D eigenvalue weighted by molar-refractivity contribution is 5.76. The highest BCUT2D eigenvalue weighted by atomic mass is 19.1. The molecular formula is C11H12FNO2. The molecule has 0 saturated heterocycles. The monoisotopic (exact) mass is 209 g/mol. The predicted molar refractivity (Wildman–Crippen MR) is 53.2 cm³/mol. The van der Waals surface area contributed by atoms with Gasteiger partial charge in [0.15, 0.2) is 0 Å². The van der Waals surface area contributed by atoms with Crippen molar-refractivity contribution in [2.24, 2.45) is 0 Å².